The van der Waals surface area contributed by atoms with Crippen LogP contribution in [0.4, 0.5) is 4.39 Å². The predicted molar refractivity (Wildman–Crippen MR) is 84.2 cm³/mol. The number of hydrogen-bond acceptors (Lipinski definition) is 2. The highest BCUT2D eigenvalue weighted by Gasteiger charge is 2.11. The summed E-state index contributed by atoms with van der Waals surface area (Å²) in [7, 11) is 0. The van der Waals surface area contributed by atoms with Gasteiger partial charge in [0.05, 0.1) is 5.52 Å². The van der Waals surface area contributed by atoms with Gasteiger partial charge < -0.3 is 0 Å². The van der Waals surface area contributed by atoms with Crippen molar-refractivity contribution in [3.63, 3.8) is 0 Å². The molecule has 0 saturated heterocycles. The first kappa shape index (κ1) is 14.0. The minimum Gasteiger partial charge on any atom is -0.228 e. The average molecular weight is 301 g/mol. The van der Waals surface area contributed by atoms with Gasteiger partial charge in [-0.3, -0.25) is 0 Å². The van der Waals surface area contributed by atoms with Gasteiger partial charge in [-0.1, -0.05) is 23.2 Å². The van der Waals surface area contributed by atoms with Crippen LogP contribution in [-0.4, -0.2) is 9.97 Å². The van der Waals surface area contributed by atoms with E-state index in [0.717, 1.165) is 27.6 Å². The van der Waals surface area contributed by atoms with Crippen LogP contribution in [0, 0.1) is 26.6 Å². The maximum atomic E-state index is 13.4. The van der Waals surface area contributed by atoms with Crippen molar-refractivity contribution in [2.75, 3.05) is 0 Å². The van der Waals surface area contributed by atoms with E-state index in [-0.39, 0.29) is 5.82 Å². The van der Waals surface area contributed by atoms with Crippen molar-refractivity contribution in [2.24, 2.45) is 0 Å². The molecule has 0 fully saturated rings. The van der Waals surface area contributed by atoms with Gasteiger partial charge in [0.25, 0.3) is 0 Å². The first-order valence-corrected chi connectivity index (χ1v) is 7.04. The summed E-state index contributed by atoms with van der Waals surface area (Å²) in [6.07, 6.45) is 0. The molecule has 21 heavy (non-hydrogen) atoms. The number of nitrogens with zero attached hydrogens (tertiary/aromatic N) is 2. The number of aromatic nitrogens is 2. The fraction of sp³-hybridized carbons (Fsp3) is 0.176. The number of benzene rings is 2. The Morgan fingerprint density at radius 1 is 0.952 bits per heavy atom. The van der Waals surface area contributed by atoms with E-state index in [0.29, 0.717) is 16.5 Å². The Hall–Kier alpha value is -2.00. The van der Waals surface area contributed by atoms with E-state index in [9.17, 15) is 4.39 Å². The van der Waals surface area contributed by atoms with Gasteiger partial charge in [0, 0.05) is 10.9 Å². The molecule has 2 aromatic carbocycles. The lowest BCUT2D eigenvalue weighted by Gasteiger charge is -2.08. The zero-order chi connectivity index (χ0) is 15.1. The van der Waals surface area contributed by atoms with E-state index in [4.69, 9.17) is 11.6 Å². The molecule has 1 aromatic heterocycles. The Labute approximate surface area is 127 Å². The van der Waals surface area contributed by atoms with Crippen molar-refractivity contribution in [3.8, 4) is 11.4 Å². The second-order valence-corrected chi connectivity index (χ2v) is 5.64. The molecule has 1 heterocycles. The fourth-order valence-electron chi connectivity index (χ4n) is 2.46. The van der Waals surface area contributed by atoms with Gasteiger partial charge in [0.2, 0.25) is 0 Å². The van der Waals surface area contributed by atoms with E-state index in [1.807, 2.05) is 19.9 Å². The highest BCUT2D eigenvalue weighted by atomic mass is 35.5. The summed E-state index contributed by atoms with van der Waals surface area (Å²) in [6, 6.07) is 8.86. The molecule has 0 saturated carbocycles. The summed E-state index contributed by atoms with van der Waals surface area (Å²) in [5.41, 5.74) is 4.33. The lowest BCUT2D eigenvalue weighted by atomic mass is 10.1. The van der Waals surface area contributed by atoms with Gasteiger partial charge in [-0.15, -0.1) is 0 Å². The standard InChI is InChI=1S/C17H14ClFN2/c1-9-6-11(3)15-13(7-9)16(18)21-17(20-15)12-4-5-14(19)10(2)8-12/h4-8H,1-3H3. The molecule has 0 aliphatic heterocycles. The molecular weight excluding hydrogens is 287 g/mol. The van der Waals surface area contributed by atoms with Gasteiger partial charge in [-0.2, -0.15) is 0 Å². The van der Waals surface area contributed by atoms with E-state index in [1.165, 1.54) is 6.07 Å². The van der Waals surface area contributed by atoms with Gasteiger partial charge in [-0.05, 0) is 56.2 Å². The number of aryl methyl sites for hydroxylation is 3. The minimum atomic E-state index is -0.238. The summed E-state index contributed by atoms with van der Waals surface area (Å²) in [5, 5.41) is 1.26. The van der Waals surface area contributed by atoms with Crippen LogP contribution >= 0.6 is 11.6 Å². The van der Waals surface area contributed by atoms with Crippen LogP contribution in [0.2, 0.25) is 5.15 Å². The SMILES string of the molecule is Cc1cc(C)c2nc(-c3ccc(F)c(C)c3)nc(Cl)c2c1. The van der Waals surface area contributed by atoms with Crippen LogP contribution in [0.15, 0.2) is 30.3 Å². The summed E-state index contributed by atoms with van der Waals surface area (Å²) in [5.74, 6) is 0.278. The number of rotatable bonds is 1. The first-order chi connectivity index (χ1) is 9.95. The molecule has 0 aliphatic carbocycles. The molecule has 2 nitrogen and oxygen atoms in total. The molecule has 0 radical (unpaired) electrons. The van der Waals surface area contributed by atoms with Crippen molar-refractivity contribution >= 4 is 22.5 Å². The van der Waals surface area contributed by atoms with Crippen LogP contribution in [0.25, 0.3) is 22.3 Å². The molecule has 4 heteroatoms. The van der Waals surface area contributed by atoms with Crippen molar-refractivity contribution in [1.82, 2.24) is 9.97 Å². The monoisotopic (exact) mass is 300 g/mol. The normalized spacial score (nSPS) is 11.1. The van der Waals surface area contributed by atoms with E-state index in [2.05, 4.69) is 16.0 Å². The van der Waals surface area contributed by atoms with Crippen LogP contribution in [0.1, 0.15) is 16.7 Å². The second-order valence-electron chi connectivity index (χ2n) is 5.28. The molecule has 3 rings (SSSR count). The highest BCUT2D eigenvalue weighted by Crippen LogP contribution is 2.28. The third-order valence-corrected chi connectivity index (χ3v) is 3.79. The summed E-state index contributed by atoms with van der Waals surface area (Å²) in [4.78, 5) is 8.96. The number of hydrogen-bond donors (Lipinski definition) is 0. The lowest BCUT2D eigenvalue weighted by molar-refractivity contribution is 0.618. The molecule has 0 N–H and O–H groups in total. The van der Waals surface area contributed by atoms with Crippen molar-refractivity contribution in [1.29, 1.82) is 0 Å². The lowest BCUT2D eigenvalue weighted by Crippen LogP contribution is -1.95. The topological polar surface area (TPSA) is 25.8 Å². The van der Waals surface area contributed by atoms with Crippen LogP contribution < -0.4 is 0 Å². The Morgan fingerprint density at radius 2 is 1.71 bits per heavy atom. The second kappa shape index (κ2) is 5.08. The zero-order valence-electron chi connectivity index (χ0n) is 12.0. The third kappa shape index (κ3) is 2.49. The molecule has 0 unspecified atom stereocenters. The van der Waals surface area contributed by atoms with Crippen LogP contribution in [0.5, 0.6) is 0 Å². The van der Waals surface area contributed by atoms with Crippen molar-refractivity contribution in [2.45, 2.75) is 20.8 Å². The Kier molecular flexibility index (Phi) is 3.38. The average Bonchev–Trinajstić information content (AvgIpc) is 2.43. The van der Waals surface area contributed by atoms with Crippen molar-refractivity contribution < 1.29 is 4.39 Å². The predicted octanol–water partition coefficient (Wildman–Crippen LogP) is 5.01. The molecule has 0 amide bonds. The van der Waals surface area contributed by atoms with Gasteiger partial charge in [0.1, 0.15) is 11.0 Å². The molecule has 0 spiro atoms. The molecule has 0 bridgehead atoms. The molecule has 106 valence electrons. The van der Waals surface area contributed by atoms with Gasteiger partial charge >= 0.3 is 0 Å². The summed E-state index contributed by atoms with van der Waals surface area (Å²) in [6.45, 7) is 5.73. The Balaban J connectivity index is 2.27. The first-order valence-electron chi connectivity index (χ1n) is 6.67. The number of halogens is 2. The van der Waals surface area contributed by atoms with Gasteiger partial charge in [0.15, 0.2) is 5.82 Å². The number of fused-ring (bicyclic) bond motifs is 1. The Bertz CT molecular complexity index is 859. The fourth-order valence-corrected chi connectivity index (χ4v) is 2.69. The van der Waals surface area contributed by atoms with E-state index < -0.39 is 0 Å². The maximum absolute atomic E-state index is 13.4. The van der Waals surface area contributed by atoms with Crippen molar-refractivity contribution in [3.05, 3.63) is 58.0 Å². The maximum Gasteiger partial charge on any atom is 0.161 e. The largest absolute Gasteiger partial charge is 0.228 e. The molecule has 3 aromatic rings. The van der Waals surface area contributed by atoms with E-state index >= 15 is 0 Å². The van der Waals surface area contributed by atoms with Crippen LogP contribution in [0.3, 0.4) is 0 Å². The van der Waals surface area contributed by atoms with Gasteiger partial charge in [-0.25, -0.2) is 14.4 Å². The minimum absolute atomic E-state index is 0.238. The molecule has 0 atom stereocenters. The molecular formula is C17H14ClFN2. The smallest absolute Gasteiger partial charge is 0.161 e. The Morgan fingerprint density at radius 3 is 2.43 bits per heavy atom. The summed E-state index contributed by atoms with van der Waals surface area (Å²) < 4.78 is 13.4. The quantitative estimate of drug-likeness (QED) is 0.590. The summed E-state index contributed by atoms with van der Waals surface area (Å²) >= 11 is 6.30. The third-order valence-electron chi connectivity index (χ3n) is 3.50. The van der Waals surface area contributed by atoms with Crippen LogP contribution in [-0.2, 0) is 0 Å². The zero-order valence-corrected chi connectivity index (χ0v) is 12.8. The van der Waals surface area contributed by atoms with E-state index in [1.54, 1.807) is 19.1 Å². The molecule has 0 aliphatic rings. The highest BCUT2D eigenvalue weighted by molar-refractivity contribution is 6.34.